The number of hydrogen-bond acceptors (Lipinski definition) is 5. The molecule has 7 heteroatoms. The lowest BCUT2D eigenvalue weighted by molar-refractivity contribution is -0.121. The Labute approximate surface area is 168 Å². The van der Waals surface area contributed by atoms with Crippen LogP contribution < -0.4 is 10.2 Å². The van der Waals surface area contributed by atoms with Gasteiger partial charge >= 0.3 is 5.97 Å². The minimum Gasteiger partial charge on any atom is -0.462 e. The van der Waals surface area contributed by atoms with Crippen molar-refractivity contribution in [2.45, 2.75) is 32.6 Å². The zero-order valence-corrected chi connectivity index (χ0v) is 16.1. The number of hydrogen-bond donors (Lipinski definition) is 1. The monoisotopic (exact) mass is 394 g/mol. The number of amides is 3. The fourth-order valence-corrected chi connectivity index (χ4v) is 2.91. The van der Waals surface area contributed by atoms with E-state index in [4.69, 9.17) is 4.74 Å². The van der Waals surface area contributed by atoms with Crippen LogP contribution >= 0.6 is 0 Å². The summed E-state index contributed by atoms with van der Waals surface area (Å²) < 4.78 is 5.15. The maximum absolute atomic E-state index is 12.4. The van der Waals surface area contributed by atoms with Crippen LogP contribution in [0.5, 0.6) is 0 Å². The van der Waals surface area contributed by atoms with Crippen LogP contribution in [-0.4, -0.2) is 30.3 Å². The topological polar surface area (TPSA) is 92.8 Å². The second-order valence-corrected chi connectivity index (χ2v) is 6.69. The molecule has 0 spiro atoms. The molecule has 3 rings (SSSR count). The Morgan fingerprint density at radius 1 is 0.931 bits per heavy atom. The van der Waals surface area contributed by atoms with E-state index >= 15 is 0 Å². The van der Waals surface area contributed by atoms with E-state index in [1.807, 2.05) is 6.92 Å². The predicted molar refractivity (Wildman–Crippen MR) is 108 cm³/mol. The molecule has 1 fully saturated rings. The molecular weight excluding hydrogens is 372 g/mol. The van der Waals surface area contributed by atoms with Gasteiger partial charge in [-0.25, -0.2) is 4.79 Å². The summed E-state index contributed by atoms with van der Waals surface area (Å²) in [6.45, 7) is 2.41. The van der Waals surface area contributed by atoms with Crippen LogP contribution in [0, 0.1) is 0 Å². The largest absolute Gasteiger partial charge is 0.462 e. The van der Waals surface area contributed by atoms with E-state index in [-0.39, 0.29) is 30.6 Å². The van der Waals surface area contributed by atoms with E-state index < -0.39 is 5.97 Å². The number of imide groups is 1. The van der Waals surface area contributed by atoms with Crippen molar-refractivity contribution in [2.75, 3.05) is 16.8 Å². The average molecular weight is 394 g/mol. The van der Waals surface area contributed by atoms with Crippen molar-refractivity contribution in [3.05, 3.63) is 59.7 Å². The number of unbranched alkanes of at least 4 members (excludes halogenated alkanes) is 1. The van der Waals surface area contributed by atoms with E-state index in [1.54, 1.807) is 48.5 Å². The Bertz CT molecular complexity index is 903. The number of nitrogens with one attached hydrogen (secondary N) is 1. The molecule has 0 aliphatic carbocycles. The van der Waals surface area contributed by atoms with Gasteiger partial charge in [0.2, 0.25) is 11.8 Å². The molecule has 2 aromatic carbocycles. The van der Waals surface area contributed by atoms with E-state index in [1.165, 1.54) is 0 Å². The second kappa shape index (κ2) is 9.14. The van der Waals surface area contributed by atoms with Crippen LogP contribution in [0.4, 0.5) is 11.4 Å². The highest BCUT2D eigenvalue weighted by atomic mass is 16.5. The van der Waals surface area contributed by atoms with Crippen molar-refractivity contribution < 1.29 is 23.9 Å². The average Bonchev–Trinajstić information content (AvgIpc) is 3.07. The molecule has 0 bridgehead atoms. The Hall–Kier alpha value is -3.48. The van der Waals surface area contributed by atoms with Gasteiger partial charge in [-0.2, -0.15) is 0 Å². The molecule has 1 heterocycles. The van der Waals surface area contributed by atoms with Crippen molar-refractivity contribution in [3.63, 3.8) is 0 Å². The van der Waals surface area contributed by atoms with E-state index in [2.05, 4.69) is 5.32 Å². The van der Waals surface area contributed by atoms with Crippen LogP contribution in [0.2, 0.25) is 0 Å². The minimum atomic E-state index is -0.391. The number of nitrogens with zero attached hydrogens (tertiary/aromatic N) is 1. The molecule has 1 aliphatic rings. The van der Waals surface area contributed by atoms with Crippen LogP contribution in [0.1, 0.15) is 53.3 Å². The molecule has 0 saturated carbocycles. The first kappa shape index (κ1) is 20.3. The fraction of sp³-hybridized carbons (Fsp3) is 0.273. The highest BCUT2D eigenvalue weighted by Gasteiger charge is 2.30. The van der Waals surface area contributed by atoms with Crippen molar-refractivity contribution >= 4 is 35.1 Å². The molecule has 1 saturated heterocycles. The van der Waals surface area contributed by atoms with Gasteiger partial charge in [-0.1, -0.05) is 13.3 Å². The highest BCUT2D eigenvalue weighted by molar-refractivity contribution is 6.20. The molecule has 2 aromatic rings. The summed E-state index contributed by atoms with van der Waals surface area (Å²) in [5.41, 5.74) is 1.80. The van der Waals surface area contributed by atoms with Gasteiger partial charge in [0, 0.05) is 24.1 Å². The summed E-state index contributed by atoms with van der Waals surface area (Å²) in [4.78, 5) is 49.0. The number of carbonyl (C=O) groups excluding carboxylic acids is 4. The number of carbonyl (C=O) groups is 4. The molecule has 0 atom stereocenters. The lowest BCUT2D eigenvalue weighted by atomic mass is 10.1. The lowest BCUT2D eigenvalue weighted by Gasteiger charge is -2.14. The predicted octanol–water partition coefficient (Wildman–Crippen LogP) is 3.55. The SMILES string of the molecule is CCCCOC(=O)c1ccc(NC(=O)c2ccc(N3C(=O)CCC3=O)cc2)cc1. The van der Waals surface area contributed by atoms with Gasteiger partial charge in [0.25, 0.3) is 5.91 Å². The van der Waals surface area contributed by atoms with Gasteiger partial charge < -0.3 is 10.1 Å². The zero-order valence-electron chi connectivity index (χ0n) is 16.1. The molecule has 29 heavy (non-hydrogen) atoms. The van der Waals surface area contributed by atoms with Gasteiger partial charge in [-0.15, -0.1) is 0 Å². The van der Waals surface area contributed by atoms with Gasteiger partial charge in [0.05, 0.1) is 17.9 Å². The normalized spacial score (nSPS) is 13.5. The van der Waals surface area contributed by atoms with Gasteiger partial charge in [0.1, 0.15) is 0 Å². The minimum absolute atomic E-state index is 0.212. The molecule has 0 radical (unpaired) electrons. The number of benzene rings is 2. The first-order valence-corrected chi connectivity index (χ1v) is 9.54. The smallest absolute Gasteiger partial charge is 0.338 e. The molecule has 1 aliphatic heterocycles. The fourth-order valence-electron chi connectivity index (χ4n) is 2.91. The van der Waals surface area contributed by atoms with Crippen molar-refractivity contribution in [3.8, 4) is 0 Å². The first-order chi connectivity index (χ1) is 14.0. The summed E-state index contributed by atoms with van der Waals surface area (Å²) in [5.74, 6) is -1.20. The van der Waals surface area contributed by atoms with Gasteiger partial charge in [0.15, 0.2) is 0 Å². The first-order valence-electron chi connectivity index (χ1n) is 9.54. The Morgan fingerprint density at radius 3 is 2.10 bits per heavy atom. The third kappa shape index (κ3) is 4.87. The van der Waals surface area contributed by atoms with Crippen LogP contribution in [0.15, 0.2) is 48.5 Å². The van der Waals surface area contributed by atoms with Gasteiger partial charge in [-0.05, 0) is 55.0 Å². The van der Waals surface area contributed by atoms with Crippen molar-refractivity contribution in [2.24, 2.45) is 0 Å². The summed E-state index contributed by atoms with van der Waals surface area (Å²) in [5, 5.41) is 2.74. The number of ether oxygens (including phenoxy) is 1. The molecule has 1 N–H and O–H groups in total. The molecule has 3 amide bonds. The van der Waals surface area contributed by atoms with E-state index in [0.29, 0.717) is 29.1 Å². The van der Waals surface area contributed by atoms with Crippen LogP contribution in [0.3, 0.4) is 0 Å². The maximum atomic E-state index is 12.4. The van der Waals surface area contributed by atoms with E-state index in [0.717, 1.165) is 17.7 Å². The third-order valence-corrected chi connectivity index (χ3v) is 4.55. The molecule has 150 valence electrons. The number of esters is 1. The number of anilines is 2. The molecule has 7 nitrogen and oxygen atoms in total. The maximum Gasteiger partial charge on any atom is 0.338 e. The zero-order chi connectivity index (χ0) is 20.8. The lowest BCUT2D eigenvalue weighted by Crippen LogP contribution is -2.28. The molecular formula is C22H22N2O5. The summed E-state index contributed by atoms with van der Waals surface area (Å²) in [6.07, 6.45) is 2.19. The Morgan fingerprint density at radius 2 is 1.52 bits per heavy atom. The summed E-state index contributed by atoms with van der Waals surface area (Å²) >= 11 is 0. The van der Waals surface area contributed by atoms with E-state index in [9.17, 15) is 19.2 Å². The molecule has 0 aromatic heterocycles. The standard InChI is InChI=1S/C22H22N2O5/c1-2-3-14-29-22(28)16-4-8-17(9-5-16)23-21(27)15-6-10-18(11-7-15)24-19(25)12-13-20(24)26/h4-11H,2-3,12-14H2,1H3,(H,23,27). The Balaban J connectivity index is 1.60. The molecule has 0 unspecified atom stereocenters. The number of rotatable bonds is 7. The third-order valence-electron chi connectivity index (χ3n) is 4.55. The highest BCUT2D eigenvalue weighted by Crippen LogP contribution is 2.23. The van der Waals surface area contributed by atoms with Crippen molar-refractivity contribution in [1.82, 2.24) is 0 Å². The van der Waals surface area contributed by atoms with Crippen molar-refractivity contribution in [1.29, 1.82) is 0 Å². The Kier molecular flexibility index (Phi) is 6.39. The summed E-state index contributed by atoms with van der Waals surface area (Å²) in [6, 6.07) is 12.7. The van der Waals surface area contributed by atoms with Crippen LogP contribution in [-0.2, 0) is 14.3 Å². The second-order valence-electron chi connectivity index (χ2n) is 6.69. The van der Waals surface area contributed by atoms with Crippen LogP contribution in [0.25, 0.3) is 0 Å². The summed E-state index contributed by atoms with van der Waals surface area (Å²) in [7, 11) is 0. The van der Waals surface area contributed by atoms with Gasteiger partial charge in [-0.3, -0.25) is 19.3 Å². The quantitative estimate of drug-likeness (QED) is 0.440.